The van der Waals surface area contributed by atoms with Crippen LogP contribution in [0.4, 0.5) is 0 Å². The molecule has 1 aliphatic carbocycles. The quantitative estimate of drug-likeness (QED) is 0.333. The average Bonchev–Trinajstić information content (AvgIpc) is 2.27. The predicted octanol–water partition coefficient (Wildman–Crippen LogP) is -3.40. The standard InChI is InChI=1S/C10H13.2ClH.Ti/c1-8-6-9-4-2-3-5-10(9)7-8;;;/h6-7H,2-5H2,1H3;2*1H;/q-1;;;+3/p-2. The van der Waals surface area contributed by atoms with Crippen molar-refractivity contribution in [3.63, 3.8) is 0 Å². The molecule has 0 amide bonds. The van der Waals surface area contributed by atoms with Gasteiger partial charge in [-0.1, -0.05) is 32.6 Å². The number of hydrogen-bond acceptors (Lipinski definition) is 0. The second-order valence-corrected chi connectivity index (χ2v) is 3.29. The van der Waals surface area contributed by atoms with Crippen molar-refractivity contribution in [2.75, 3.05) is 0 Å². The third-order valence-corrected chi connectivity index (χ3v) is 2.36. The summed E-state index contributed by atoms with van der Waals surface area (Å²) < 4.78 is 0. The number of hydrogen-bond donors (Lipinski definition) is 0. The van der Waals surface area contributed by atoms with E-state index < -0.39 is 0 Å². The minimum Gasteiger partial charge on any atom is -1.00 e. The molecule has 0 saturated heterocycles. The Bertz CT molecular complexity index is 220. The Kier molecular flexibility index (Phi) is 8.67. The van der Waals surface area contributed by atoms with Gasteiger partial charge in [-0.3, -0.25) is 0 Å². The summed E-state index contributed by atoms with van der Waals surface area (Å²) in [5.74, 6) is 0. The van der Waals surface area contributed by atoms with E-state index in [1.54, 1.807) is 11.1 Å². The number of fused-ring (bicyclic) bond motifs is 1. The number of rotatable bonds is 0. The van der Waals surface area contributed by atoms with E-state index in [0.717, 1.165) is 0 Å². The first-order valence-electron chi connectivity index (χ1n) is 4.11. The molecule has 0 aromatic heterocycles. The summed E-state index contributed by atoms with van der Waals surface area (Å²) in [5.41, 5.74) is 4.68. The average molecular weight is 252 g/mol. The van der Waals surface area contributed by atoms with Gasteiger partial charge in [0.15, 0.2) is 0 Å². The van der Waals surface area contributed by atoms with E-state index in [9.17, 15) is 0 Å². The molecule has 2 rings (SSSR count). The molecule has 1 aromatic carbocycles. The maximum atomic E-state index is 2.34. The Balaban J connectivity index is 0. The molecule has 0 N–H and O–H groups in total. The zero-order chi connectivity index (χ0) is 6.97. The van der Waals surface area contributed by atoms with Crippen LogP contribution in [0.2, 0.25) is 0 Å². The fourth-order valence-electron chi connectivity index (χ4n) is 1.87. The molecular formula is C10H13Cl2Ti. The second kappa shape index (κ2) is 7.01. The van der Waals surface area contributed by atoms with Crippen LogP contribution in [0.15, 0.2) is 12.1 Å². The Morgan fingerprint density at radius 1 is 1.15 bits per heavy atom. The summed E-state index contributed by atoms with van der Waals surface area (Å²) in [6.45, 7) is 2.19. The molecule has 0 fully saturated rings. The maximum Gasteiger partial charge on any atom is 3.00 e. The van der Waals surface area contributed by atoms with Crippen LogP contribution in [0.3, 0.4) is 0 Å². The van der Waals surface area contributed by atoms with Gasteiger partial charge in [0.05, 0.1) is 0 Å². The van der Waals surface area contributed by atoms with E-state index in [4.69, 9.17) is 0 Å². The molecule has 0 saturated carbocycles. The number of halogens is 2. The molecule has 1 aromatic rings. The minimum absolute atomic E-state index is 0. The van der Waals surface area contributed by atoms with Gasteiger partial charge < -0.3 is 24.8 Å². The SMILES string of the molecule is Cc1cc2c([cH-]1)CCCC2.[Cl-].[Cl-].[Ti+3]. The van der Waals surface area contributed by atoms with Crippen LogP contribution in [0.25, 0.3) is 0 Å². The zero-order valence-electron chi connectivity index (χ0n) is 7.74. The summed E-state index contributed by atoms with van der Waals surface area (Å²) in [5, 5.41) is 0. The Labute approximate surface area is 108 Å². The van der Waals surface area contributed by atoms with E-state index in [2.05, 4.69) is 19.1 Å². The van der Waals surface area contributed by atoms with Crippen LogP contribution in [-0.4, -0.2) is 0 Å². The summed E-state index contributed by atoms with van der Waals surface area (Å²) >= 11 is 0. The zero-order valence-corrected chi connectivity index (χ0v) is 10.8. The van der Waals surface area contributed by atoms with Crippen LogP contribution in [0.1, 0.15) is 29.5 Å². The maximum absolute atomic E-state index is 2.34. The third kappa shape index (κ3) is 3.71. The van der Waals surface area contributed by atoms with Gasteiger partial charge in [0.1, 0.15) is 0 Å². The van der Waals surface area contributed by atoms with Crippen molar-refractivity contribution < 1.29 is 46.5 Å². The van der Waals surface area contributed by atoms with Gasteiger partial charge in [0, 0.05) is 0 Å². The summed E-state index contributed by atoms with van der Waals surface area (Å²) in [6.07, 6.45) is 5.44. The summed E-state index contributed by atoms with van der Waals surface area (Å²) in [6, 6.07) is 4.68. The van der Waals surface area contributed by atoms with Gasteiger partial charge in [-0.15, -0.1) is 0 Å². The van der Waals surface area contributed by atoms with Crippen molar-refractivity contribution in [1.82, 2.24) is 0 Å². The van der Waals surface area contributed by atoms with Crippen molar-refractivity contribution in [2.24, 2.45) is 0 Å². The van der Waals surface area contributed by atoms with Gasteiger partial charge in [-0.05, 0) is 0 Å². The number of aryl methyl sites for hydroxylation is 3. The Morgan fingerprint density at radius 3 is 2.38 bits per heavy atom. The third-order valence-electron chi connectivity index (χ3n) is 2.36. The van der Waals surface area contributed by atoms with Crippen molar-refractivity contribution in [2.45, 2.75) is 32.6 Å². The Morgan fingerprint density at radius 2 is 1.77 bits per heavy atom. The normalized spacial score (nSPS) is 13.0. The molecule has 0 nitrogen and oxygen atoms in total. The Hall–Kier alpha value is 0.644. The first-order chi connectivity index (χ1) is 4.86. The predicted molar refractivity (Wildman–Crippen MR) is 43.4 cm³/mol. The van der Waals surface area contributed by atoms with E-state index >= 15 is 0 Å². The molecule has 0 heterocycles. The molecule has 71 valence electrons. The molecular weight excluding hydrogens is 239 g/mol. The minimum atomic E-state index is 0. The first-order valence-corrected chi connectivity index (χ1v) is 4.11. The van der Waals surface area contributed by atoms with Gasteiger partial charge in [0.2, 0.25) is 0 Å². The van der Waals surface area contributed by atoms with Crippen LogP contribution in [0, 0.1) is 6.92 Å². The van der Waals surface area contributed by atoms with Crippen molar-refractivity contribution >= 4 is 0 Å². The van der Waals surface area contributed by atoms with Gasteiger partial charge in [0.25, 0.3) is 0 Å². The molecule has 3 heteroatoms. The van der Waals surface area contributed by atoms with E-state index in [-0.39, 0.29) is 46.5 Å². The van der Waals surface area contributed by atoms with E-state index in [0.29, 0.717) is 0 Å². The molecule has 0 aliphatic heterocycles. The van der Waals surface area contributed by atoms with Crippen LogP contribution < -0.4 is 24.8 Å². The largest absolute Gasteiger partial charge is 3.00 e. The van der Waals surface area contributed by atoms with Gasteiger partial charge in [-0.2, -0.15) is 22.8 Å². The molecule has 0 bridgehead atoms. The topological polar surface area (TPSA) is 0 Å². The van der Waals surface area contributed by atoms with E-state index in [1.807, 2.05) is 0 Å². The summed E-state index contributed by atoms with van der Waals surface area (Å²) in [7, 11) is 0. The molecule has 1 radical (unpaired) electrons. The van der Waals surface area contributed by atoms with Gasteiger partial charge >= 0.3 is 21.7 Å². The van der Waals surface area contributed by atoms with Crippen molar-refractivity contribution in [3.05, 3.63) is 28.8 Å². The van der Waals surface area contributed by atoms with Crippen LogP contribution >= 0.6 is 0 Å². The van der Waals surface area contributed by atoms with E-state index in [1.165, 1.54) is 31.2 Å². The van der Waals surface area contributed by atoms with Crippen LogP contribution in [-0.2, 0) is 34.6 Å². The van der Waals surface area contributed by atoms with Crippen LogP contribution in [0.5, 0.6) is 0 Å². The molecule has 0 spiro atoms. The smallest absolute Gasteiger partial charge is 1.00 e. The molecule has 13 heavy (non-hydrogen) atoms. The second-order valence-electron chi connectivity index (χ2n) is 3.29. The molecule has 0 atom stereocenters. The molecule has 1 aliphatic rings. The monoisotopic (exact) mass is 251 g/mol. The van der Waals surface area contributed by atoms with Gasteiger partial charge in [-0.25, -0.2) is 6.07 Å². The fraction of sp³-hybridized carbons (Fsp3) is 0.500. The molecule has 0 unspecified atom stereocenters. The van der Waals surface area contributed by atoms with Crippen molar-refractivity contribution in [3.8, 4) is 0 Å². The first kappa shape index (κ1) is 16.1. The summed E-state index contributed by atoms with van der Waals surface area (Å²) in [4.78, 5) is 0. The fourth-order valence-corrected chi connectivity index (χ4v) is 1.87. The van der Waals surface area contributed by atoms with Crippen molar-refractivity contribution in [1.29, 1.82) is 0 Å².